The second-order valence-electron chi connectivity index (χ2n) is 10.8. The average Bonchev–Trinajstić information content (AvgIpc) is 2.72. The SMILES string of the molecule is C[C@@H]1CN(c2ccncc2CC(=O)c2ccc(F)c(Br)n2)C[C@H](C)C1O[Si](C)(C)C(C)(C)C. The number of anilines is 1. The molecule has 5 nitrogen and oxygen atoms in total. The van der Waals surface area contributed by atoms with Crippen LogP contribution >= 0.6 is 15.9 Å². The Balaban J connectivity index is 1.77. The number of piperidine rings is 1. The van der Waals surface area contributed by atoms with Crippen molar-refractivity contribution in [2.24, 2.45) is 11.8 Å². The zero-order valence-electron chi connectivity index (χ0n) is 20.7. The van der Waals surface area contributed by atoms with E-state index in [1.165, 1.54) is 12.1 Å². The Hall–Kier alpha value is -1.64. The summed E-state index contributed by atoms with van der Waals surface area (Å²) in [6, 6.07) is 4.66. The van der Waals surface area contributed by atoms with Crippen LogP contribution in [0, 0.1) is 17.7 Å². The molecule has 33 heavy (non-hydrogen) atoms. The number of halogens is 2. The first-order valence-electron chi connectivity index (χ1n) is 11.5. The lowest BCUT2D eigenvalue weighted by atomic mass is 9.87. The fourth-order valence-corrected chi connectivity index (χ4v) is 6.01. The van der Waals surface area contributed by atoms with Crippen LogP contribution < -0.4 is 4.90 Å². The number of carbonyl (C=O) groups excluding carboxylic acids is 1. The van der Waals surface area contributed by atoms with E-state index < -0.39 is 14.1 Å². The van der Waals surface area contributed by atoms with Gasteiger partial charge in [0.15, 0.2) is 19.9 Å². The summed E-state index contributed by atoms with van der Waals surface area (Å²) >= 11 is 3.06. The van der Waals surface area contributed by atoms with E-state index in [0.717, 1.165) is 24.3 Å². The number of pyridine rings is 2. The predicted molar refractivity (Wildman–Crippen MR) is 137 cm³/mol. The number of hydrogen-bond acceptors (Lipinski definition) is 5. The van der Waals surface area contributed by atoms with E-state index >= 15 is 0 Å². The van der Waals surface area contributed by atoms with Crippen molar-refractivity contribution in [3.8, 4) is 0 Å². The fraction of sp³-hybridized carbons (Fsp3) is 0.560. The Morgan fingerprint density at radius 1 is 1.21 bits per heavy atom. The summed E-state index contributed by atoms with van der Waals surface area (Å²) in [5, 5.41) is 0.172. The van der Waals surface area contributed by atoms with Crippen molar-refractivity contribution in [1.29, 1.82) is 0 Å². The maximum Gasteiger partial charge on any atom is 0.192 e. The van der Waals surface area contributed by atoms with Gasteiger partial charge in [0.05, 0.1) is 6.10 Å². The molecule has 8 heteroatoms. The molecule has 1 fully saturated rings. The lowest BCUT2D eigenvalue weighted by molar-refractivity contribution is 0.0627. The maximum absolute atomic E-state index is 13.5. The van der Waals surface area contributed by atoms with Gasteiger partial charge in [-0.25, -0.2) is 9.37 Å². The molecule has 0 radical (unpaired) electrons. The zero-order chi connectivity index (χ0) is 24.6. The van der Waals surface area contributed by atoms with Crippen molar-refractivity contribution in [3.63, 3.8) is 0 Å². The molecule has 0 bridgehead atoms. The number of ketones is 1. The van der Waals surface area contributed by atoms with Crippen molar-refractivity contribution in [1.82, 2.24) is 9.97 Å². The Bertz CT molecular complexity index is 999. The molecule has 2 aromatic heterocycles. The quantitative estimate of drug-likeness (QED) is 0.247. The van der Waals surface area contributed by atoms with E-state index in [0.29, 0.717) is 11.8 Å². The molecule has 1 aliphatic rings. The predicted octanol–water partition coefficient (Wildman–Crippen LogP) is 6.29. The molecule has 180 valence electrons. The van der Waals surface area contributed by atoms with Gasteiger partial charge < -0.3 is 9.33 Å². The van der Waals surface area contributed by atoms with Crippen LogP contribution in [0.25, 0.3) is 0 Å². The molecule has 0 spiro atoms. The van der Waals surface area contributed by atoms with E-state index in [2.05, 4.69) is 78.5 Å². The largest absolute Gasteiger partial charge is 0.413 e. The molecular weight excluding hydrogens is 501 g/mol. The van der Waals surface area contributed by atoms with Crippen LogP contribution in [0.1, 0.15) is 50.7 Å². The Morgan fingerprint density at radius 2 is 1.85 bits per heavy atom. The highest BCUT2D eigenvalue weighted by molar-refractivity contribution is 9.10. The molecule has 0 N–H and O–H groups in total. The molecule has 0 amide bonds. The average molecular weight is 537 g/mol. The number of carbonyl (C=O) groups is 1. The molecule has 3 heterocycles. The van der Waals surface area contributed by atoms with Crippen molar-refractivity contribution in [3.05, 3.63) is 52.3 Å². The van der Waals surface area contributed by atoms with E-state index in [9.17, 15) is 9.18 Å². The van der Waals surface area contributed by atoms with Crippen LogP contribution in [0.15, 0.2) is 35.2 Å². The zero-order valence-corrected chi connectivity index (χ0v) is 23.2. The third-order valence-electron chi connectivity index (χ3n) is 7.03. The standard InChI is InChI=1S/C25H35BrFN3O2Si/c1-16-14-30(15-17(2)23(16)32-33(6,7)25(3,4)5)21-10-11-28-13-18(21)12-22(31)20-9-8-19(27)24(26)29-20/h8-11,13,16-17,23H,12,14-15H2,1-7H3/t16-,17+,23?. The van der Waals surface area contributed by atoms with Crippen LogP contribution in [0.4, 0.5) is 10.1 Å². The normalized spacial score (nSPS) is 21.8. The number of aromatic nitrogens is 2. The van der Waals surface area contributed by atoms with Crippen LogP contribution in [0.2, 0.25) is 18.1 Å². The second-order valence-corrected chi connectivity index (χ2v) is 16.3. The monoisotopic (exact) mass is 535 g/mol. The first-order valence-corrected chi connectivity index (χ1v) is 15.2. The number of Topliss-reactive ketones (excluding diaryl/α,β-unsaturated/α-hetero) is 1. The lowest BCUT2D eigenvalue weighted by Crippen LogP contribution is -2.54. The molecule has 2 aromatic rings. The van der Waals surface area contributed by atoms with Gasteiger partial charge in [0.25, 0.3) is 0 Å². The molecule has 1 saturated heterocycles. The number of hydrogen-bond donors (Lipinski definition) is 0. The van der Waals surface area contributed by atoms with Gasteiger partial charge >= 0.3 is 0 Å². The molecule has 1 unspecified atom stereocenters. The van der Waals surface area contributed by atoms with Gasteiger partial charge in [-0.15, -0.1) is 0 Å². The van der Waals surface area contributed by atoms with Gasteiger partial charge in [-0.1, -0.05) is 34.6 Å². The number of nitrogens with zero attached hydrogens (tertiary/aromatic N) is 3. The summed E-state index contributed by atoms with van der Waals surface area (Å²) in [5.41, 5.74) is 2.11. The van der Waals surface area contributed by atoms with Gasteiger partial charge in [-0.05, 0) is 64.1 Å². The third kappa shape index (κ3) is 5.89. The summed E-state index contributed by atoms with van der Waals surface area (Å²) in [6.45, 7) is 17.7. The Labute approximate surface area is 206 Å². The summed E-state index contributed by atoms with van der Waals surface area (Å²) < 4.78 is 20.4. The van der Waals surface area contributed by atoms with Gasteiger partial charge in [0, 0.05) is 43.2 Å². The van der Waals surface area contributed by atoms with Crippen molar-refractivity contribution in [2.75, 3.05) is 18.0 Å². The smallest absolute Gasteiger partial charge is 0.192 e. The summed E-state index contributed by atoms with van der Waals surface area (Å²) in [6.07, 6.45) is 3.90. The van der Waals surface area contributed by atoms with Crippen molar-refractivity contribution >= 4 is 35.7 Å². The molecule has 0 aliphatic carbocycles. The van der Waals surface area contributed by atoms with E-state index in [1.54, 1.807) is 12.4 Å². The third-order valence-corrected chi connectivity index (χ3v) is 12.1. The fourth-order valence-electron chi connectivity index (χ4n) is 4.19. The Morgan fingerprint density at radius 3 is 2.42 bits per heavy atom. The first kappa shape index (κ1) is 26.0. The van der Waals surface area contributed by atoms with Crippen LogP contribution in [0.3, 0.4) is 0 Å². The highest BCUT2D eigenvalue weighted by atomic mass is 79.9. The molecule has 3 rings (SSSR count). The Kier molecular flexibility index (Phi) is 7.81. The number of rotatable bonds is 6. The van der Waals surface area contributed by atoms with Gasteiger partial charge in [0.1, 0.15) is 10.3 Å². The van der Waals surface area contributed by atoms with Crippen molar-refractivity contribution in [2.45, 2.75) is 65.3 Å². The van der Waals surface area contributed by atoms with E-state index in [-0.39, 0.29) is 33.6 Å². The highest BCUT2D eigenvalue weighted by Crippen LogP contribution is 2.40. The molecular formula is C25H35BrFN3O2Si. The van der Waals surface area contributed by atoms with Crippen LogP contribution in [-0.4, -0.2) is 43.3 Å². The summed E-state index contributed by atoms with van der Waals surface area (Å²) in [4.78, 5) is 23.5. The molecule has 0 saturated carbocycles. The van der Waals surface area contributed by atoms with Gasteiger partial charge in [0.2, 0.25) is 0 Å². The highest BCUT2D eigenvalue weighted by Gasteiger charge is 2.43. The van der Waals surface area contributed by atoms with Gasteiger partial charge in [-0.2, -0.15) is 0 Å². The minimum absolute atomic E-state index is 0.0474. The lowest BCUT2D eigenvalue weighted by Gasteiger charge is -2.48. The summed E-state index contributed by atoms with van der Waals surface area (Å²) in [5.74, 6) is 0.0604. The summed E-state index contributed by atoms with van der Waals surface area (Å²) in [7, 11) is -1.87. The van der Waals surface area contributed by atoms with Crippen molar-refractivity contribution < 1.29 is 13.6 Å². The first-order chi connectivity index (χ1) is 15.3. The van der Waals surface area contributed by atoms with Crippen LogP contribution in [-0.2, 0) is 10.8 Å². The van der Waals surface area contributed by atoms with Gasteiger partial charge in [-0.3, -0.25) is 9.78 Å². The van der Waals surface area contributed by atoms with Crippen LogP contribution in [0.5, 0.6) is 0 Å². The molecule has 3 atom stereocenters. The topological polar surface area (TPSA) is 55.3 Å². The molecule has 0 aromatic carbocycles. The molecule has 1 aliphatic heterocycles. The maximum atomic E-state index is 13.5. The minimum atomic E-state index is -1.87. The van der Waals surface area contributed by atoms with E-state index in [4.69, 9.17) is 4.43 Å². The second kappa shape index (κ2) is 9.92. The van der Waals surface area contributed by atoms with E-state index in [1.807, 2.05) is 6.07 Å². The minimum Gasteiger partial charge on any atom is -0.413 e.